The van der Waals surface area contributed by atoms with Crippen molar-refractivity contribution in [2.24, 2.45) is 5.10 Å². The number of thiophene rings is 1. The summed E-state index contributed by atoms with van der Waals surface area (Å²) in [5.41, 5.74) is 0.377. The summed E-state index contributed by atoms with van der Waals surface area (Å²) in [6.07, 6.45) is 3.06. The van der Waals surface area contributed by atoms with Gasteiger partial charge in [-0.05, 0) is 11.4 Å². The molecule has 0 aromatic carbocycles. The standard InChI is InChI=1S/C13H9N5O3S2/c19-11-10(23-13-14-6-15-18(11)13)5-17-8(12(20)21)4-7(16-17)9-2-1-3-22-9/h1-3,5-6,8H,4H2,(H,20,21)/b10-5-/t8-/m1/s1. The van der Waals surface area contributed by atoms with Crippen molar-refractivity contribution < 1.29 is 9.90 Å². The van der Waals surface area contributed by atoms with Gasteiger partial charge in [-0.1, -0.05) is 17.4 Å². The molecule has 0 spiro atoms. The third kappa shape index (κ3) is 2.32. The van der Waals surface area contributed by atoms with Crippen LogP contribution in [0.5, 0.6) is 0 Å². The molecule has 0 saturated heterocycles. The number of carboxylic acid groups (broad SMARTS) is 1. The number of carboxylic acids is 1. The number of aromatic nitrogens is 3. The minimum absolute atomic E-state index is 0.293. The summed E-state index contributed by atoms with van der Waals surface area (Å²) in [6.45, 7) is 0. The van der Waals surface area contributed by atoms with Crippen molar-refractivity contribution in [3.8, 4) is 0 Å². The predicted octanol–water partition coefficient (Wildman–Crippen LogP) is 0.233. The van der Waals surface area contributed by atoms with Gasteiger partial charge in [0.1, 0.15) is 10.9 Å². The number of fused-ring (bicyclic) bond motifs is 1. The highest BCUT2D eigenvalue weighted by molar-refractivity contribution is 7.15. The second-order valence-corrected chi connectivity index (χ2v) is 6.77. The number of thiazole rings is 1. The van der Waals surface area contributed by atoms with Gasteiger partial charge in [-0.25, -0.2) is 9.78 Å². The zero-order valence-corrected chi connectivity index (χ0v) is 13.1. The number of hydrazone groups is 1. The summed E-state index contributed by atoms with van der Waals surface area (Å²) >= 11 is 2.65. The fraction of sp³-hybridized carbons (Fsp3) is 0.154. The van der Waals surface area contributed by atoms with Gasteiger partial charge in [0.25, 0.3) is 5.56 Å². The summed E-state index contributed by atoms with van der Waals surface area (Å²) < 4.78 is 1.54. The monoisotopic (exact) mass is 347 g/mol. The zero-order valence-electron chi connectivity index (χ0n) is 11.5. The van der Waals surface area contributed by atoms with E-state index >= 15 is 0 Å². The summed E-state index contributed by atoms with van der Waals surface area (Å²) in [5.74, 6) is -0.983. The van der Waals surface area contributed by atoms with Crippen molar-refractivity contribution in [3.05, 3.63) is 43.6 Å². The lowest BCUT2D eigenvalue weighted by atomic mass is 10.1. The van der Waals surface area contributed by atoms with Crippen LogP contribution in [-0.2, 0) is 4.79 Å². The quantitative estimate of drug-likeness (QED) is 0.728. The molecule has 0 saturated carbocycles. The minimum atomic E-state index is -0.983. The third-order valence-electron chi connectivity index (χ3n) is 3.40. The first-order valence-electron chi connectivity index (χ1n) is 6.60. The Balaban J connectivity index is 1.80. The van der Waals surface area contributed by atoms with Crippen LogP contribution in [0.4, 0.5) is 0 Å². The summed E-state index contributed by atoms with van der Waals surface area (Å²) in [7, 11) is 0. The van der Waals surface area contributed by atoms with Gasteiger partial charge in [-0.15, -0.1) is 11.3 Å². The van der Waals surface area contributed by atoms with Gasteiger partial charge < -0.3 is 5.11 Å². The largest absolute Gasteiger partial charge is 0.480 e. The fourth-order valence-electron chi connectivity index (χ4n) is 2.33. The van der Waals surface area contributed by atoms with Gasteiger partial charge in [0.2, 0.25) is 4.96 Å². The maximum atomic E-state index is 12.2. The average Bonchev–Trinajstić information content (AvgIpc) is 3.26. The molecule has 116 valence electrons. The molecular formula is C13H9N5O3S2. The van der Waals surface area contributed by atoms with Crippen LogP contribution in [0.1, 0.15) is 11.3 Å². The first-order chi connectivity index (χ1) is 11.1. The molecular weight excluding hydrogens is 338 g/mol. The highest BCUT2D eigenvalue weighted by Gasteiger charge is 2.32. The molecule has 10 heteroatoms. The lowest BCUT2D eigenvalue weighted by Gasteiger charge is -2.14. The van der Waals surface area contributed by atoms with E-state index in [1.54, 1.807) is 0 Å². The Morgan fingerprint density at radius 2 is 2.35 bits per heavy atom. The lowest BCUT2D eigenvalue weighted by Crippen LogP contribution is -2.34. The highest BCUT2D eigenvalue weighted by atomic mass is 32.1. The predicted molar refractivity (Wildman–Crippen MR) is 85.6 cm³/mol. The zero-order chi connectivity index (χ0) is 16.0. The highest BCUT2D eigenvalue weighted by Crippen LogP contribution is 2.23. The Morgan fingerprint density at radius 3 is 3.04 bits per heavy atom. The van der Waals surface area contributed by atoms with E-state index in [-0.39, 0.29) is 5.56 Å². The number of carbonyl (C=O) groups is 1. The topological polar surface area (TPSA) is 100 Å². The molecule has 4 heterocycles. The molecule has 0 amide bonds. The van der Waals surface area contributed by atoms with Gasteiger partial charge in [0, 0.05) is 12.6 Å². The first kappa shape index (κ1) is 14.0. The number of hydrogen-bond acceptors (Lipinski definition) is 8. The Bertz CT molecular complexity index is 1020. The van der Waals surface area contributed by atoms with Gasteiger partial charge in [0.05, 0.1) is 10.6 Å². The molecule has 4 rings (SSSR count). The van der Waals surface area contributed by atoms with Crippen LogP contribution in [0.15, 0.2) is 33.7 Å². The third-order valence-corrected chi connectivity index (χ3v) is 5.28. The summed E-state index contributed by atoms with van der Waals surface area (Å²) in [5, 5.41) is 20.9. The van der Waals surface area contributed by atoms with E-state index in [2.05, 4.69) is 15.2 Å². The molecule has 1 atom stereocenters. The second kappa shape index (κ2) is 5.25. The smallest absolute Gasteiger partial charge is 0.328 e. The van der Waals surface area contributed by atoms with E-state index in [0.29, 0.717) is 21.6 Å². The van der Waals surface area contributed by atoms with Gasteiger partial charge in [0.15, 0.2) is 6.04 Å². The van der Waals surface area contributed by atoms with E-state index in [9.17, 15) is 14.7 Å². The Morgan fingerprint density at radius 1 is 1.48 bits per heavy atom. The van der Waals surface area contributed by atoms with Gasteiger partial charge >= 0.3 is 5.97 Å². The van der Waals surface area contributed by atoms with Gasteiger partial charge in [-0.2, -0.15) is 14.7 Å². The molecule has 0 unspecified atom stereocenters. The molecule has 3 aromatic rings. The van der Waals surface area contributed by atoms with Crippen LogP contribution in [-0.4, -0.2) is 42.4 Å². The molecule has 1 aliphatic rings. The van der Waals surface area contributed by atoms with Crippen molar-refractivity contribution in [1.29, 1.82) is 0 Å². The molecule has 0 aliphatic carbocycles. The molecule has 1 N–H and O–H groups in total. The van der Waals surface area contributed by atoms with Crippen LogP contribution in [0.25, 0.3) is 11.2 Å². The maximum absolute atomic E-state index is 12.2. The molecule has 8 nitrogen and oxygen atoms in total. The van der Waals surface area contributed by atoms with Crippen molar-refractivity contribution >= 4 is 45.5 Å². The lowest BCUT2D eigenvalue weighted by molar-refractivity contribution is -0.141. The van der Waals surface area contributed by atoms with Crippen LogP contribution in [0, 0.1) is 0 Å². The normalized spacial score (nSPS) is 18.8. The van der Waals surface area contributed by atoms with Crippen molar-refractivity contribution in [2.45, 2.75) is 12.5 Å². The number of rotatable bonds is 3. The van der Waals surface area contributed by atoms with Gasteiger partial charge in [-0.3, -0.25) is 9.80 Å². The average molecular weight is 347 g/mol. The molecule has 1 aliphatic heterocycles. The Labute approximate surface area is 136 Å². The summed E-state index contributed by atoms with van der Waals surface area (Å²) in [6, 6.07) is 2.96. The first-order valence-corrected chi connectivity index (χ1v) is 8.30. The maximum Gasteiger partial charge on any atom is 0.328 e. The van der Waals surface area contributed by atoms with Crippen LogP contribution >= 0.6 is 22.7 Å². The van der Waals surface area contributed by atoms with E-state index in [1.165, 1.54) is 33.4 Å². The number of hydrogen-bond donors (Lipinski definition) is 1. The second-order valence-electron chi connectivity index (χ2n) is 4.82. The molecule has 0 radical (unpaired) electrons. The van der Waals surface area contributed by atoms with E-state index in [4.69, 9.17) is 0 Å². The molecule has 0 fully saturated rings. The van der Waals surface area contributed by atoms with Crippen LogP contribution in [0.2, 0.25) is 0 Å². The molecule has 23 heavy (non-hydrogen) atoms. The van der Waals surface area contributed by atoms with E-state index in [1.807, 2.05) is 17.5 Å². The molecule has 3 aromatic heterocycles. The summed E-state index contributed by atoms with van der Waals surface area (Å²) in [4.78, 5) is 29.0. The Kier molecular flexibility index (Phi) is 3.20. The van der Waals surface area contributed by atoms with E-state index in [0.717, 1.165) is 16.2 Å². The fourth-order valence-corrected chi connectivity index (χ4v) is 3.90. The van der Waals surface area contributed by atoms with Crippen LogP contribution < -0.4 is 10.1 Å². The van der Waals surface area contributed by atoms with Crippen LogP contribution in [0.3, 0.4) is 0 Å². The van der Waals surface area contributed by atoms with Crippen molar-refractivity contribution in [1.82, 2.24) is 19.6 Å². The van der Waals surface area contributed by atoms with E-state index < -0.39 is 12.0 Å². The SMILES string of the molecule is O=C(O)[C@H]1CC(c2cccs2)=NN1/C=c1\sc2ncnn2c1=O. The Hall–Kier alpha value is -2.59. The minimum Gasteiger partial charge on any atom is -0.480 e. The van der Waals surface area contributed by atoms with Crippen molar-refractivity contribution in [2.75, 3.05) is 0 Å². The van der Waals surface area contributed by atoms with Crippen molar-refractivity contribution in [3.63, 3.8) is 0 Å². The number of aliphatic carboxylic acids is 1. The number of nitrogens with zero attached hydrogens (tertiary/aromatic N) is 5. The molecule has 0 bridgehead atoms.